The second kappa shape index (κ2) is 11.1. The van der Waals surface area contributed by atoms with E-state index in [4.69, 9.17) is 20.4 Å². The molecule has 0 saturated carbocycles. The lowest BCUT2D eigenvalue weighted by Crippen LogP contribution is -2.25. The van der Waals surface area contributed by atoms with Gasteiger partial charge in [0.1, 0.15) is 5.82 Å². The number of aliphatic hydroxyl groups is 1. The van der Waals surface area contributed by atoms with E-state index in [1.165, 1.54) is 7.11 Å². The number of aliphatic hydroxyl groups excluding tert-OH is 1. The molecule has 0 unspecified atom stereocenters. The van der Waals surface area contributed by atoms with Gasteiger partial charge in [-0.1, -0.05) is 6.07 Å². The van der Waals surface area contributed by atoms with Gasteiger partial charge in [0.2, 0.25) is 5.95 Å². The van der Waals surface area contributed by atoms with Gasteiger partial charge in [-0.05, 0) is 31.9 Å². The van der Waals surface area contributed by atoms with Gasteiger partial charge in [-0.2, -0.15) is 4.98 Å². The van der Waals surface area contributed by atoms with Crippen molar-refractivity contribution in [1.82, 2.24) is 15.0 Å². The van der Waals surface area contributed by atoms with Crippen molar-refractivity contribution in [3.05, 3.63) is 41.3 Å². The molecule has 0 aliphatic carbocycles. The van der Waals surface area contributed by atoms with Crippen LogP contribution in [-0.4, -0.2) is 63.9 Å². The Morgan fingerprint density at radius 2 is 2.10 bits per heavy atom. The lowest BCUT2D eigenvalue weighted by Gasteiger charge is -2.22. The molecule has 1 fully saturated rings. The maximum Gasteiger partial charge on any atom is 0.305 e. The summed E-state index contributed by atoms with van der Waals surface area (Å²) in [6.07, 6.45) is 2.66. The predicted molar refractivity (Wildman–Crippen MR) is 110 cm³/mol. The van der Waals surface area contributed by atoms with Crippen molar-refractivity contribution in [1.29, 1.82) is 0 Å². The second-order valence-electron chi connectivity index (χ2n) is 6.91. The van der Waals surface area contributed by atoms with E-state index in [-0.39, 0.29) is 30.7 Å². The van der Waals surface area contributed by atoms with Gasteiger partial charge in [0, 0.05) is 48.6 Å². The summed E-state index contributed by atoms with van der Waals surface area (Å²) < 4.78 is 4.74. The molecule has 0 spiro atoms. The van der Waals surface area contributed by atoms with E-state index in [1.54, 1.807) is 6.20 Å². The van der Waals surface area contributed by atoms with Crippen molar-refractivity contribution in [2.24, 2.45) is 5.92 Å². The Hall–Kier alpha value is -3.27. The molecule has 1 aliphatic heterocycles. The highest BCUT2D eigenvalue weighted by atomic mass is 16.5. The van der Waals surface area contributed by atoms with Gasteiger partial charge in [0.25, 0.3) is 6.47 Å². The van der Waals surface area contributed by atoms with Crippen molar-refractivity contribution >= 4 is 24.2 Å². The molecule has 4 N–H and O–H groups in total. The van der Waals surface area contributed by atoms with E-state index < -0.39 is 6.10 Å². The summed E-state index contributed by atoms with van der Waals surface area (Å²) in [6, 6.07) is 5.78. The van der Waals surface area contributed by atoms with Gasteiger partial charge in [0.15, 0.2) is 0 Å². The number of aryl methyl sites for hydroxylation is 1. The number of carbonyl (C=O) groups excluding carboxylic acids is 1. The highest BCUT2D eigenvalue weighted by molar-refractivity contribution is 5.70. The van der Waals surface area contributed by atoms with Crippen molar-refractivity contribution < 1.29 is 24.5 Å². The minimum absolute atomic E-state index is 0.0462. The van der Waals surface area contributed by atoms with Crippen LogP contribution < -0.4 is 10.6 Å². The fraction of sp³-hybridized carbons (Fsp3) is 0.450. The molecule has 162 valence electrons. The largest absolute Gasteiger partial charge is 0.483 e. The zero-order valence-electron chi connectivity index (χ0n) is 17.1. The Bertz CT molecular complexity index is 849. The molecular weight excluding hydrogens is 390 g/mol. The molecule has 2 atom stereocenters. The summed E-state index contributed by atoms with van der Waals surface area (Å²) in [4.78, 5) is 34.9. The molecule has 30 heavy (non-hydrogen) atoms. The number of aromatic nitrogens is 3. The third kappa shape index (κ3) is 6.11. The van der Waals surface area contributed by atoms with Gasteiger partial charge in [-0.3, -0.25) is 14.6 Å². The molecular formula is C20H27N5O5. The highest BCUT2D eigenvalue weighted by Gasteiger charge is 2.34. The Balaban J connectivity index is 0.00000101. The first-order chi connectivity index (χ1) is 14.4. The number of hydrogen-bond acceptors (Lipinski definition) is 9. The minimum atomic E-state index is -0.489. The summed E-state index contributed by atoms with van der Waals surface area (Å²) in [5.74, 6) is 0.634. The number of rotatable bonds is 6. The number of nitrogens with two attached hydrogens (primary N) is 1. The van der Waals surface area contributed by atoms with Crippen LogP contribution in [-0.2, 0) is 27.2 Å². The molecule has 10 heteroatoms. The molecule has 3 heterocycles. The number of methoxy groups -OCH3 is 1. The number of hydrogen-bond donors (Lipinski definition) is 3. The Labute approximate surface area is 174 Å². The third-order valence-corrected chi connectivity index (χ3v) is 4.92. The first-order valence-electron chi connectivity index (χ1n) is 9.50. The molecule has 3 rings (SSSR count). The van der Waals surface area contributed by atoms with E-state index in [9.17, 15) is 9.90 Å². The van der Waals surface area contributed by atoms with E-state index in [1.807, 2.05) is 30.0 Å². The minimum Gasteiger partial charge on any atom is -0.483 e. The van der Waals surface area contributed by atoms with Gasteiger partial charge in [-0.15, -0.1) is 0 Å². The maximum atomic E-state index is 11.6. The highest BCUT2D eigenvalue weighted by Crippen LogP contribution is 2.30. The van der Waals surface area contributed by atoms with Crippen LogP contribution in [0.1, 0.15) is 23.4 Å². The number of nitrogen functional groups attached to an aromatic ring is 1. The van der Waals surface area contributed by atoms with Crippen LogP contribution in [0.25, 0.3) is 0 Å². The SMILES string of the molecule is COC(=O)CCc1c(C)nc(N)nc1N1C[C@@H](Cc2ccccn2)[C@H](O)C1.O=CO. The molecule has 2 aromatic heterocycles. The van der Waals surface area contributed by atoms with Crippen LogP contribution in [0.3, 0.4) is 0 Å². The molecule has 1 aliphatic rings. The average molecular weight is 417 g/mol. The number of anilines is 2. The van der Waals surface area contributed by atoms with Gasteiger partial charge in [0.05, 0.1) is 13.2 Å². The molecule has 10 nitrogen and oxygen atoms in total. The summed E-state index contributed by atoms with van der Waals surface area (Å²) in [5.41, 5.74) is 8.41. The Morgan fingerprint density at radius 3 is 2.73 bits per heavy atom. The van der Waals surface area contributed by atoms with Crippen molar-refractivity contribution in [3.8, 4) is 0 Å². The lowest BCUT2D eigenvalue weighted by molar-refractivity contribution is -0.140. The molecule has 0 bridgehead atoms. The van der Waals surface area contributed by atoms with Crippen LogP contribution in [0, 0.1) is 12.8 Å². The monoisotopic (exact) mass is 417 g/mol. The van der Waals surface area contributed by atoms with Crippen molar-refractivity contribution in [3.63, 3.8) is 0 Å². The number of carbonyl (C=O) groups is 2. The van der Waals surface area contributed by atoms with Gasteiger partial charge in [-0.25, -0.2) is 4.98 Å². The molecule has 1 saturated heterocycles. The zero-order valence-corrected chi connectivity index (χ0v) is 17.1. The van der Waals surface area contributed by atoms with Crippen LogP contribution >= 0.6 is 0 Å². The number of pyridine rings is 1. The first kappa shape index (κ1) is 23.0. The molecule has 0 amide bonds. The van der Waals surface area contributed by atoms with Crippen molar-refractivity contribution in [2.45, 2.75) is 32.3 Å². The summed E-state index contributed by atoms with van der Waals surface area (Å²) >= 11 is 0. The topological polar surface area (TPSA) is 152 Å². The molecule has 0 radical (unpaired) electrons. The zero-order chi connectivity index (χ0) is 22.1. The fourth-order valence-corrected chi connectivity index (χ4v) is 3.50. The molecule has 0 aromatic carbocycles. The maximum absolute atomic E-state index is 11.6. The van der Waals surface area contributed by atoms with Crippen LogP contribution in [0.2, 0.25) is 0 Å². The van der Waals surface area contributed by atoms with E-state index in [2.05, 4.69) is 15.0 Å². The quantitative estimate of drug-likeness (QED) is 0.450. The van der Waals surface area contributed by atoms with Crippen LogP contribution in [0.4, 0.5) is 11.8 Å². The van der Waals surface area contributed by atoms with E-state index in [0.717, 1.165) is 17.0 Å². The van der Waals surface area contributed by atoms with E-state index >= 15 is 0 Å². The Kier molecular flexibility index (Phi) is 8.48. The number of carboxylic acid groups (broad SMARTS) is 1. The Morgan fingerprint density at radius 1 is 1.37 bits per heavy atom. The summed E-state index contributed by atoms with van der Waals surface area (Å²) in [6.45, 7) is 2.70. The lowest BCUT2D eigenvalue weighted by atomic mass is 10.00. The predicted octanol–water partition coefficient (Wildman–Crippen LogP) is 0.608. The smallest absolute Gasteiger partial charge is 0.305 e. The average Bonchev–Trinajstić information content (AvgIpc) is 3.08. The van der Waals surface area contributed by atoms with E-state index in [0.29, 0.717) is 31.7 Å². The number of esters is 1. The number of β-amino-alcohol motifs (C(OH)–C–C–N with tert-alkyl or cyclic N) is 1. The summed E-state index contributed by atoms with van der Waals surface area (Å²) in [5, 5.41) is 17.4. The van der Waals surface area contributed by atoms with Gasteiger partial charge >= 0.3 is 5.97 Å². The van der Waals surface area contributed by atoms with Crippen LogP contribution in [0.5, 0.6) is 0 Å². The second-order valence-corrected chi connectivity index (χ2v) is 6.91. The fourth-order valence-electron chi connectivity index (χ4n) is 3.50. The number of nitrogens with zero attached hydrogens (tertiary/aromatic N) is 4. The standard InChI is InChI=1S/C19H25N5O3.CH2O2/c1-12-15(6-7-17(26)27-2)18(23-19(20)22-12)24-10-13(16(25)11-24)9-14-5-3-4-8-21-14;2-1-3/h3-5,8,13,16,25H,6-7,9-11H2,1-2H3,(H2,20,22,23);1H,(H,2,3)/t13-,16-;/m1./s1. The van der Waals surface area contributed by atoms with Gasteiger partial charge < -0.3 is 25.6 Å². The molecule has 2 aromatic rings. The number of ether oxygens (including phenoxy) is 1. The third-order valence-electron chi connectivity index (χ3n) is 4.92. The van der Waals surface area contributed by atoms with Crippen molar-refractivity contribution in [2.75, 3.05) is 30.8 Å². The normalized spacial score (nSPS) is 17.8. The summed E-state index contributed by atoms with van der Waals surface area (Å²) in [7, 11) is 1.37. The first-order valence-corrected chi connectivity index (χ1v) is 9.50. The van der Waals surface area contributed by atoms with Crippen LogP contribution in [0.15, 0.2) is 24.4 Å².